The fourth-order valence-electron chi connectivity index (χ4n) is 2.34. The van der Waals surface area contributed by atoms with Gasteiger partial charge in [0.05, 0.1) is 17.3 Å². The molecule has 0 aliphatic rings. The number of nitrogens with zero attached hydrogens (tertiary/aromatic N) is 1. The lowest BCUT2D eigenvalue weighted by atomic mass is 10.2. The van der Waals surface area contributed by atoms with Gasteiger partial charge in [0.25, 0.3) is 5.91 Å². The number of halogens is 1. The highest BCUT2D eigenvalue weighted by molar-refractivity contribution is 7.22. The molecule has 7 nitrogen and oxygen atoms in total. The molecule has 0 atom stereocenters. The van der Waals surface area contributed by atoms with Crippen molar-refractivity contribution in [3.63, 3.8) is 0 Å². The zero-order valence-electron chi connectivity index (χ0n) is 15.2. The first-order valence-electron chi connectivity index (χ1n) is 8.23. The number of methoxy groups -OCH3 is 1. The number of hydrogen-bond acceptors (Lipinski definition) is 7. The Labute approximate surface area is 170 Å². The van der Waals surface area contributed by atoms with E-state index in [1.807, 2.05) is 13.0 Å². The van der Waals surface area contributed by atoms with E-state index in [1.165, 1.54) is 11.3 Å². The van der Waals surface area contributed by atoms with Gasteiger partial charge in [0.2, 0.25) is 0 Å². The van der Waals surface area contributed by atoms with Crippen LogP contribution in [0.25, 0.3) is 10.2 Å². The number of anilines is 1. The fourth-order valence-corrected chi connectivity index (χ4v) is 3.48. The summed E-state index contributed by atoms with van der Waals surface area (Å²) < 4.78 is 16.3. The summed E-state index contributed by atoms with van der Waals surface area (Å²) in [6.45, 7) is 1.07. The van der Waals surface area contributed by atoms with Gasteiger partial charge in [0.1, 0.15) is 11.5 Å². The maximum Gasteiger partial charge on any atom is 0.344 e. The van der Waals surface area contributed by atoms with Crippen LogP contribution in [0.5, 0.6) is 11.5 Å². The first kappa shape index (κ1) is 19.9. The lowest BCUT2D eigenvalue weighted by Gasteiger charge is -2.09. The molecule has 0 saturated heterocycles. The summed E-state index contributed by atoms with van der Waals surface area (Å²) in [6, 6.07) is 10.5. The average Bonchev–Trinajstić information content (AvgIpc) is 3.06. The summed E-state index contributed by atoms with van der Waals surface area (Å²) in [7, 11) is 1.58. The van der Waals surface area contributed by atoms with Gasteiger partial charge in [0, 0.05) is 5.02 Å². The van der Waals surface area contributed by atoms with Crippen molar-refractivity contribution in [3.8, 4) is 11.5 Å². The maximum atomic E-state index is 12.0. The normalized spacial score (nSPS) is 10.5. The number of thiazole rings is 1. The number of hydrogen-bond donors (Lipinski definition) is 1. The number of amides is 1. The van der Waals surface area contributed by atoms with Crippen molar-refractivity contribution in [1.29, 1.82) is 0 Å². The van der Waals surface area contributed by atoms with Gasteiger partial charge < -0.3 is 14.2 Å². The van der Waals surface area contributed by atoms with Crippen LogP contribution in [0.3, 0.4) is 0 Å². The predicted octanol–water partition coefficient (Wildman–Crippen LogP) is 3.83. The summed E-state index contributed by atoms with van der Waals surface area (Å²) in [4.78, 5) is 28.1. The van der Waals surface area contributed by atoms with Crippen LogP contribution < -0.4 is 14.8 Å². The maximum absolute atomic E-state index is 12.0. The number of nitrogens with one attached hydrogen (secondary N) is 1. The van der Waals surface area contributed by atoms with Crippen LogP contribution in [0, 0.1) is 6.92 Å². The van der Waals surface area contributed by atoms with Crippen molar-refractivity contribution in [2.24, 2.45) is 0 Å². The molecule has 0 saturated carbocycles. The molecule has 9 heteroatoms. The van der Waals surface area contributed by atoms with Crippen LogP contribution in [0.4, 0.5) is 5.13 Å². The van der Waals surface area contributed by atoms with E-state index in [9.17, 15) is 9.59 Å². The molecular formula is C19H17ClN2O5S. The third kappa shape index (κ3) is 5.11. The smallest absolute Gasteiger partial charge is 0.344 e. The first-order valence-corrected chi connectivity index (χ1v) is 9.43. The van der Waals surface area contributed by atoms with E-state index in [4.69, 9.17) is 25.8 Å². The standard InChI is InChI=1S/C19H17ClN2O5S/c1-11-7-12(20)3-6-15(11)26-10-18(24)27-9-17(23)22-19-21-14-5-4-13(25-2)8-16(14)28-19/h3-8H,9-10H2,1-2H3,(H,21,22,23). The minimum Gasteiger partial charge on any atom is -0.497 e. The minimum atomic E-state index is -0.654. The van der Waals surface area contributed by atoms with E-state index in [1.54, 1.807) is 37.4 Å². The molecule has 0 spiro atoms. The van der Waals surface area contributed by atoms with Gasteiger partial charge in [0.15, 0.2) is 18.3 Å². The van der Waals surface area contributed by atoms with Crippen LogP contribution in [0.15, 0.2) is 36.4 Å². The predicted molar refractivity (Wildman–Crippen MR) is 107 cm³/mol. The SMILES string of the molecule is COc1ccc2nc(NC(=O)COC(=O)COc3ccc(Cl)cc3C)sc2c1. The van der Waals surface area contributed by atoms with E-state index in [2.05, 4.69) is 10.3 Å². The highest BCUT2D eigenvalue weighted by Gasteiger charge is 2.12. The Hall–Kier alpha value is -2.84. The second-order valence-electron chi connectivity index (χ2n) is 5.76. The summed E-state index contributed by atoms with van der Waals surface area (Å²) >= 11 is 7.17. The van der Waals surface area contributed by atoms with E-state index >= 15 is 0 Å². The average molecular weight is 421 g/mol. The van der Waals surface area contributed by atoms with Gasteiger partial charge in [-0.1, -0.05) is 22.9 Å². The quantitative estimate of drug-likeness (QED) is 0.584. The molecule has 0 radical (unpaired) electrons. The Morgan fingerprint density at radius 1 is 1.18 bits per heavy atom. The number of benzene rings is 2. The first-order chi connectivity index (χ1) is 13.4. The van der Waals surface area contributed by atoms with Gasteiger partial charge >= 0.3 is 5.97 Å². The number of aromatic nitrogens is 1. The molecule has 0 bridgehead atoms. The topological polar surface area (TPSA) is 86.8 Å². The summed E-state index contributed by atoms with van der Waals surface area (Å²) in [5, 5.41) is 3.60. The molecule has 28 heavy (non-hydrogen) atoms. The molecule has 3 aromatic rings. The lowest BCUT2D eigenvalue weighted by molar-refractivity contribution is -0.149. The molecule has 0 unspecified atom stereocenters. The molecule has 1 N–H and O–H groups in total. The second kappa shape index (κ2) is 8.90. The Morgan fingerprint density at radius 3 is 2.75 bits per heavy atom. The van der Waals surface area contributed by atoms with E-state index in [-0.39, 0.29) is 6.61 Å². The van der Waals surface area contributed by atoms with Crippen molar-refractivity contribution < 1.29 is 23.8 Å². The van der Waals surface area contributed by atoms with Crippen LogP contribution in [0.2, 0.25) is 5.02 Å². The summed E-state index contributed by atoms with van der Waals surface area (Å²) in [6.07, 6.45) is 0. The van der Waals surface area contributed by atoms with Crippen LogP contribution >= 0.6 is 22.9 Å². The van der Waals surface area contributed by atoms with Crippen LogP contribution in [-0.2, 0) is 14.3 Å². The largest absolute Gasteiger partial charge is 0.497 e. The number of ether oxygens (including phenoxy) is 3. The number of fused-ring (bicyclic) bond motifs is 1. The van der Waals surface area contributed by atoms with Gasteiger partial charge in [-0.2, -0.15) is 0 Å². The van der Waals surface area contributed by atoms with Crippen molar-refractivity contribution >= 4 is 50.2 Å². The fraction of sp³-hybridized carbons (Fsp3) is 0.211. The van der Waals surface area contributed by atoms with E-state index < -0.39 is 18.5 Å². The molecule has 2 aromatic carbocycles. The molecular weight excluding hydrogens is 404 g/mol. The monoisotopic (exact) mass is 420 g/mol. The molecule has 1 amide bonds. The molecule has 0 aliphatic carbocycles. The van der Waals surface area contributed by atoms with Gasteiger partial charge in [-0.3, -0.25) is 10.1 Å². The third-order valence-electron chi connectivity index (χ3n) is 3.69. The third-order valence-corrected chi connectivity index (χ3v) is 4.86. The lowest BCUT2D eigenvalue weighted by Crippen LogP contribution is -2.23. The number of carbonyl (C=O) groups excluding carboxylic acids is 2. The number of rotatable bonds is 7. The van der Waals surface area contributed by atoms with E-state index in [0.717, 1.165) is 15.8 Å². The van der Waals surface area contributed by atoms with Crippen molar-refractivity contribution in [2.45, 2.75) is 6.92 Å². The van der Waals surface area contributed by atoms with Crippen molar-refractivity contribution in [3.05, 3.63) is 47.0 Å². The van der Waals surface area contributed by atoms with Gasteiger partial charge in [-0.25, -0.2) is 9.78 Å². The van der Waals surface area contributed by atoms with Crippen LogP contribution in [0.1, 0.15) is 5.56 Å². The van der Waals surface area contributed by atoms with Gasteiger partial charge in [-0.15, -0.1) is 0 Å². The molecule has 1 heterocycles. The molecule has 1 aromatic heterocycles. The Balaban J connectivity index is 1.47. The summed E-state index contributed by atoms with van der Waals surface area (Å²) in [5.74, 6) is 0.0927. The zero-order valence-corrected chi connectivity index (χ0v) is 16.7. The Morgan fingerprint density at radius 2 is 2.00 bits per heavy atom. The number of esters is 1. The summed E-state index contributed by atoms with van der Waals surface area (Å²) in [5.41, 5.74) is 1.54. The number of aryl methyl sites for hydroxylation is 1. The van der Waals surface area contributed by atoms with Crippen molar-refractivity contribution in [1.82, 2.24) is 4.98 Å². The molecule has 0 fully saturated rings. The van der Waals surface area contributed by atoms with Gasteiger partial charge in [-0.05, 0) is 48.9 Å². The zero-order chi connectivity index (χ0) is 20.1. The molecule has 0 aliphatic heterocycles. The van der Waals surface area contributed by atoms with Crippen LogP contribution in [-0.4, -0.2) is 37.2 Å². The Kier molecular flexibility index (Phi) is 6.33. The second-order valence-corrected chi connectivity index (χ2v) is 7.23. The van der Waals surface area contributed by atoms with Crippen molar-refractivity contribution in [2.75, 3.05) is 25.6 Å². The van der Waals surface area contributed by atoms with E-state index in [0.29, 0.717) is 21.7 Å². The highest BCUT2D eigenvalue weighted by Crippen LogP contribution is 2.29. The number of carbonyl (C=O) groups is 2. The molecule has 146 valence electrons. The molecule has 3 rings (SSSR count). The highest BCUT2D eigenvalue weighted by atomic mass is 35.5. The minimum absolute atomic E-state index is 0.309. The Bertz CT molecular complexity index is 1020.